The van der Waals surface area contributed by atoms with Gasteiger partial charge in [-0.05, 0) is 36.6 Å². The van der Waals surface area contributed by atoms with Gasteiger partial charge in [0, 0.05) is 29.9 Å². The van der Waals surface area contributed by atoms with Gasteiger partial charge in [0.1, 0.15) is 0 Å². The van der Waals surface area contributed by atoms with Gasteiger partial charge in [-0.25, -0.2) is 0 Å². The number of benzene rings is 1. The van der Waals surface area contributed by atoms with Crippen LogP contribution in [0.25, 0.3) is 0 Å². The van der Waals surface area contributed by atoms with E-state index in [9.17, 15) is 0 Å². The zero-order chi connectivity index (χ0) is 13.4. The molecule has 0 saturated heterocycles. The number of aromatic nitrogens is 1. The molecule has 1 aromatic carbocycles. The fourth-order valence-corrected chi connectivity index (χ4v) is 4.11. The predicted molar refractivity (Wildman–Crippen MR) is 85.2 cm³/mol. The number of anilines is 1. The van der Waals surface area contributed by atoms with Crippen molar-refractivity contribution in [2.45, 2.75) is 19.0 Å². The first-order chi connectivity index (χ1) is 9.90. The molecule has 2 aromatic rings. The summed E-state index contributed by atoms with van der Waals surface area (Å²) < 4.78 is 2.35. The number of fused-ring (bicyclic) bond motifs is 3. The van der Waals surface area contributed by atoms with Gasteiger partial charge in [0.25, 0.3) is 0 Å². The zero-order valence-corrected chi connectivity index (χ0v) is 12.0. The summed E-state index contributed by atoms with van der Waals surface area (Å²) in [5.41, 5.74) is 2.48. The lowest BCUT2D eigenvalue weighted by Gasteiger charge is -2.34. The fourth-order valence-electron chi connectivity index (χ4n) is 3.01. The van der Waals surface area contributed by atoms with Crippen molar-refractivity contribution < 1.29 is 0 Å². The number of rotatable bonds is 1. The summed E-state index contributed by atoms with van der Waals surface area (Å²) >= 11 is 1.85. The molecule has 0 fully saturated rings. The van der Waals surface area contributed by atoms with Gasteiger partial charge >= 0.3 is 0 Å². The highest BCUT2D eigenvalue weighted by molar-refractivity contribution is 8.14. The maximum Gasteiger partial charge on any atom is 0.161 e. The van der Waals surface area contributed by atoms with Gasteiger partial charge in [0.05, 0.1) is 6.04 Å². The number of hydrogen-bond acceptors (Lipinski definition) is 3. The maximum absolute atomic E-state index is 4.96. The summed E-state index contributed by atoms with van der Waals surface area (Å²) in [7, 11) is 0. The van der Waals surface area contributed by atoms with Gasteiger partial charge in [-0.15, -0.1) is 0 Å². The van der Waals surface area contributed by atoms with Crippen molar-refractivity contribution >= 4 is 22.6 Å². The molecule has 1 aromatic heterocycles. The molecule has 0 unspecified atom stereocenters. The minimum Gasteiger partial charge on any atom is -0.350 e. The second-order valence-corrected chi connectivity index (χ2v) is 6.37. The second-order valence-electron chi connectivity index (χ2n) is 5.36. The van der Waals surface area contributed by atoms with Crippen LogP contribution in [0.15, 0.2) is 53.7 Å². The van der Waals surface area contributed by atoms with Crippen LogP contribution in [0.3, 0.4) is 0 Å². The Morgan fingerprint density at radius 3 is 2.95 bits per heavy atom. The van der Waals surface area contributed by atoms with Gasteiger partial charge in [-0.2, -0.15) is 0 Å². The van der Waals surface area contributed by atoms with Crippen LogP contribution in [0.2, 0.25) is 0 Å². The van der Waals surface area contributed by atoms with E-state index in [0.29, 0.717) is 12.0 Å². The van der Waals surface area contributed by atoms with E-state index >= 15 is 0 Å². The normalized spacial score (nSPS) is 24.5. The Bertz CT molecular complexity index is 632. The minimum atomic E-state index is 0.325. The molecule has 1 N–H and O–H groups in total. The van der Waals surface area contributed by atoms with E-state index in [4.69, 9.17) is 4.99 Å². The minimum absolute atomic E-state index is 0.325. The molecule has 0 spiro atoms. The van der Waals surface area contributed by atoms with Crippen molar-refractivity contribution in [3.8, 4) is 0 Å². The van der Waals surface area contributed by atoms with E-state index < -0.39 is 0 Å². The molecule has 2 atom stereocenters. The first-order valence-corrected chi connectivity index (χ1v) is 8.06. The molecule has 3 nitrogen and oxygen atoms in total. The first-order valence-electron chi connectivity index (χ1n) is 7.08. The SMILES string of the molecule is c1ccc(NC2=N[C@@H]3c4cccn4CC[C@H]3CS2)cc1. The molecule has 0 bridgehead atoms. The number of hydrogen-bond donors (Lipinski definition) is 1. The van der Waals surface area contributed by atoms with Crippen LogP contribution in [-0.4, -0.2) is 15.5 Å². The molecule has 3 heterocycles. The van der Waals surface area contributed by atoms with Crippen molar-refractivity contribution in [3.63, 3.8) is 0 Å². The topological polar surface area (TPSA) is 29.3 Å². The number of aryl methyl sites for hydroxylation is 1. The van der Waals surface area contributed by atoms with Crippen LogP contribution in [-0.2, 0) is 6.54 Å². The molecule has 4 rings (SSSR count). The van der Waals surface area contributed by atoms with Crippen molar-refractivity contribution in [3.05, 3.63) is 54.4 Å². The summed E-state index contributed by atoms with van der Waals surface area (Å²) in [4.78, 5) is 4.96. The van der Waals surface area contributed by atoms with Crippen molar-refractivity contribution in [2.75, 3.05) is 11.1 Å². The Morgan fingerprint density at radius 2 is 2.05 bits per heavy atom. The second kappa shape index (κ2) is 5.02. The maximum atomic E-state index is 4.96. The number of thioether (sulfide) groups is 1. The third kappa shape index (κ3) is 2.14. The van der Waals surface area contributed by atoms with E-state index in [2.05, 4.69) is 40.3 Å². The molecule has 0 aliphatic carbocycles. The Morgan fingerprint density at radius 1 is 1.15 bits per heavy atom. The smallest absolute Gasteiger partial charge is 0.161 e. The quantitative estimate of drug-likeness (QED) is 0.863. The molecule has 102 valence electrons. The number of para-hydroxylation sites is 1. The van der Waals surface area contributed by atoms with Crippen molar-refractivity contribution in [1.82, 2.24) is 4.57 Å². The molecule has 20 heavy (non-hydrogen) atoms. The monoisotopic (exact) mass is 283 g/mol. The molecule has 4 heteroatoms. The Balaban J connectivity index is 1.62. The highest BCUT2D eigenvalue weighted by atomic mass is 32.2. The standard InChI is InChI=1S/C16H17N3S/c1-2-5-13(6-3-1)17-16-18-15-12(11-20-16)8-10-19-9-4-7-14(15)19/h1-7,9,12,15H,8,10-11H2,(H,17,18)/t12-,15-/m0/s1. The van der Waals surface area contributed by atoms with Crippen molar-refractivity contribution in [2.24, 2.45) is 10.9 Å². The number of nitrogens with zero attached hydrogens (tertiary/aromatic N) is 2. The van der Waals surface area contributed by atoms with Crippen LogP contribution in [0.5, 0.6) is 0 Å². The molecule has 0 radical (unpaired) electrons. The van der Waals surface area contributed by atoms with Gasteiger partial charge < -0.3 is 9.88 Å². The molecule has 2 aliphatic heterocycles. The Kier molecular flexibility index (Phi) is 3.03. The summed E-state index contributed by atoms with van der Waals surface area (Å²) in [6, 6.07) is 15.0. The molecule has 2 aliphatic rings. The lowest BCUT2D eigenvalue weighted by atomic mass is 9.92. The highest BCUT2D eigenvalue weighted by Gasteiger charge is 2.32. The van der Waals surface area contributed by atoms with Gasteiger partial charge in [0.2, 0.25) is 0 Å². The van der Waals surface area contributed by atoms with Crippen molar-refractivity contribution in [1.29, 1.82) is 0 Å². The van der Waals surface area contributed by atoms with Crippen LogP contribution < -0.4 is 5.32 Å². The average Bonchev–Trinajstić information content (AvgIpc) is 2.97. The summed E-state index contributed by atoms with van der Waals surface area (Å²) in [5, 5.41) is 4.49. The van der Waals surface area contributed by atoms with Crippen LogP contribution >= 0.6 is 11.8 Å². The van der Waals surface area contributed by atoms with E-state index in [1.807, 2.05) is 30.0 Å². The predicted octanol–water partition coefficient (Wildman–Crippen LogP) is 3.76. The van der Waals surface area contributed by atoms with Crippen LogP contribution in [0.4, 0.5) is 5.69 Å². The van der Waals surface area contributed by atoms with E-state index in [1.165, 1.54) is 12.1 Å². The first kappa shape index (κ1) is 12.1. The molecular weight excluding hydrogens is 266 g/mol. The molecular formula is C16H17N3S. The highest BCUT2D eigenvalue weighted by Crippen LogP contribution is 2.40. The van der Waals surface area contributed by atoms with Gasteiger partial charge in [-0.1, -0.05) is 30.0 Å². The summed E-state index contributed by atoms with van der Waals surface area (Å²) in [5.74, 6) is 1.85. The molecule has 0 saturated carbocycles. The van der Waals surface area contributed by atoms with Gasteiger partial charge in [0.15, 0.2) is 5.17 Å². The van der Waals surface area contributed by atoms with Gasteiger partial charge in [-0.3, -0.25) is 4.99 Å². The van der Waals surface area contributed by atoms with Crippen LogP contribution in [0.1, 0.15) is 18.2 Å². The summed E-state index contributed by atoms with van der Waals surface area (Å²) in [6.07, 6.45) is 3.41. The average molecular weight is 283 g/mol. The zero-order valence-electron chi connectivity index (χ0n) is 11.2. The van der Waals surface area contributed by atoms with E-state index in [-0.39, 0.29) is 0 Å². The lowest BCUT2D eigenvalue weighted by Crippen LogP contribution is -2.30. The van der Waals surface area contributed by atoms with Crippen LogP contribution in [0, 0.1) is 5.92 Å². The third-order valence-electron chi connectivity index (χ3n) is 4.07. The van der Waals surface area contributed by atoms with E-state index in [1.54, 1.807) is 0 Å². The fraction of sp³-hybridized carbons (Fsp3) is 0.312. The molecule has 0 amide bonds. The largest absolute Gasteiger partial charge is 0.350 e. The summed E-state index contributed by atoms with van der Waals surface area (Å²) in [6.45, 7) is 1.14. The Hall–Kier alpha value is -1.68. The number of aliphatic imine (C=N–C) groups is 1. The third-order valence-corrected chi connectivity index (χ3v) is 5.15. The Labute approximate surface area is 123 Å². The van der Waals surface area contributed by atoms with E-state index in [0.717, 1.165) is 23.2 Å². The number of nitrogens with one attached hydrogen (secondary N) is 1. The number of amidine groups is 1. The lowest BCUT2D eigenvalue weighted by molar-refractivity contribution is 0.353.